The average molecular weight is 275 g/mol. The molecule has 0 bridgehead atoms. The summed E-state index contributed by atoms with van der Waals surface area (Å²) in [6, 6.07) is 2.30. The maximum Gasteiger partial charge on any atom is 0.131 e. The van der Waals surface area contributed by atoms with E-state index in [1.807, 2.05) is 19.4 Å². The fourth-order valence-electron chi connectivity index (χ4n) is 2.42. The van der Waals surface area contributed by atoms with Gasteiger partial charge in [-0.1, -0.05) is 13.8 Å². The lowest BCUT2D eigenvalue weighted by Gasteiger charge is -2.19. The molecule has 20 heavy (non-hydrogen) atoms. The van der Waals surface area contributed by atoms with Crippen molar-refractivity contribution in [3.05, 3.63) is 35.7 Å². The van der Waals surface area contributed by atoms with Crippen molar-refractivity contribution < 1.29 is 0 Å². The molecule has 2 aromatic rings. The van der Waals surface area contributed by atoms with E-state index in [9.17, 15) is 0 Å². The van der Waals surface area contributed by atoms with Crippen LogP contribution in [0.5, 0.6) is 0 Å². The van der Waals surface area contributed by atoms with E-state index in [2.05, 4.69) is 51.5 Å². The van der Waals surface area contributed by atoms with Gasteiger partial charge in [-0.3, -0.25) is 4.68 Å². The Labute approximate surface area is 121 Å². The van der Waals surface area contributed by atoms with Crippen molar-refractivity contribution in [1.82, 2.24) is 24.6 Å². The number of imidazole rings is 1. The van der Waals surface area contributed by atoms with E-state index in [4.69, 9.17) is 0 Å². The number of rotatable bonds is 7. The van der Waals surface area contributed by atoms with Gasteiger partial charge in [0.2, 0.25) is 0 Å². The van der Waals surface area contributed by atoms with E-state index >= 15 is 0 Å². The van der Waals surface area contributed by atoms with Gasteiger partial charge in [0.25, 0.3) is 0 Å². The molecule has 5 nitrogen and oxygen atoms in total. The minimum atomic E-state index is 0.0997. The van der Waals surface area contributed by atoms with E-state index in [1.165, 1.54) is 5.69 Å². The molecule has 0 spiro atoms. The number of hydrogen-bond donors (Lipinski definition) is 1. The topological polar surface area (TPSA) is 47.7 Å². The predicted molar refractivity (Wildman–Crippen MR) is 80.6 cm³/mol. The Morgan fingerprint density at radius 1 is 1.30 bits per heavy atom. The first kappa shape index (κ1) is 14.8. The Morgan fingerprint density at radius 3 is 2.65 bits per heavy atom. The first-order valence-corrected chi connectivity index (χ1v) is 7.48. The molecule has 110 valence electrons. The quantitative estimate of drug-likeness (QED) is 0.843. The van der Waals surface area contributed by atoms with E-state index < -0.39 is 0 Å². The molecule has 5 heteroatoms. The molecule has 0 radical (unpaired) electrons. The number of nitrogens with zero attached hydrogens (tertiary/aromatic N) is 4. The third kappa shape index (κ3) is 2.93. The molecule has 2 rings (SSSR count). The van der Waals surface area contributed by atoms with Crippen LogP contribution in [0.15, 0.2) is 18.5 Å². The lowest BCUT2D eigenvalue weighted by molar-refractivity contribution is 0.501. The summed E-state index contributed by atoms with van der Waals surface area (Å²) >= 11 is 0. The van der Waals surface area contributed by atoms with Crippen LogP contribution in [0, 0.1) is 0 Å². The summed E-state index contributed by atoms with van der Waals surface area (Å²) in [6.45, 7) is 8.29. The van der Waals surface area contributed by atoms with Gasteiger partial charge in [0.1, 0.15) is 11.9 Å². The molecule has 0 amide bonds. The van der Waals surface area contributed by atoms with Gasteiger partial charge in [0, 0.05) is 26.0 Å². The van der Waals surface area contributed by atoms with Crippen LogP contribution in [-0.4, -0.2) is 25.9 Å². The summed E-state index contributed by atoms with van der Waals surface area (Å²) in [5.74, 6) is 1.04. The molecular weight excluding hydrogens is 250 g/mol. The Bertz CT molecular complexity index is 540. The van der Waals surface area contributed by atoms with E-state index in [1.54, 1.807) is 0 Å². The summed E-state index contributed by atoms with van der Waals surface area (Å²) in [4.78, 5) is 4.52. The van der Waals surface area contributed by atoms with Crippen LogP contribution >= 0.6 is 0 Å². The van der Waals surface area contributed by atoms with Crippen LogP contribution in [0.4, 0.5) is 0 Å². The standard InChI is InChI=1S/C15H25N5/c1-5-8-16-14(15-17-9-10-19(15)4)13-11-12(6-2)18-20(13)7-3/h9-11,14,16H,5-8H2,1-4H3. The smallest absolute Gasteiger partial charge is 0.131 e. The van der Waals surface area contributed by atoms with Crippen LogP contribution in [0.1, 0.15) is 50.4 Å². The zero-order valence-corrected chi connectivity index (χ0v) is 12.9. The molecule has 0 aliphatic carbocycles. The molecule has 0 saturated carbocycles. The highest BCUT2D eigenvalue weighted by atomic mass is 15.3. The first-order valence-electron chi connectivity index (χ1n) is 7.48. The Morgan fingerprint density at radius 2 is 2.10 bits per heavy atom. The zero-order valence-electron chi connectivity index (χ0n) is 12.9. The molecule has 1 unspecified atom stereocenters. The van der Waals surface area contributed by atoms with Gasteiger partial charge in [0.05, 0.1) is 11.4 Å². The summed E-state index contributed by atoms with van der Waals surface area (Å²) in [7, 11) is 2.04. The molecular formula is C15H25N5. The maximum absolute atomic E-state index is 4.66. The van der Waals surface area contributed by atoms with Crippen molar-refractivity contribution in [3.63, 3.8) is 0 Å². The van der Waals surface area contributed by atoms with Gasteiger partial charge in [-0.2, -0.15) is 5.10 Å². The lowest BCUT2D eigenvalue weighted by Crippen LogP contribution is -2.28. The third-order valence-corrected chi connectivity index (χ3v) is 3.53. The Kier molecular flexibility index (Phi) is 4.95. The van der Waals surface area contributed by atoms with E-state index in [-0.39, 0.29) is 6.04 Å². The second-order valence-electron chi connectivity index (χ2n) is 5.01. The van der Waals surface area contributed by atoms with E-state index in [0.717, 1.165) is 37.4 Å². The molecule has 0 fully saturated rings. The van der Waals surface area contributed by atoms with Gasteiger partial charge in [0.15, 0.2) is 0 Å². The summed E-state index contributed by atoms with van der Waals surface area (Å²) < 4.78 is 4.16. The number of aryl methyl sites for hydroxylation is 3. The van der Waals surface area contributed by atoms with Crippen molar-refractivity contribution in [2.75, 3.05) is 6.54 Å². The molecule has 1 atom stereocenters. The van der Waals surface area contributed by atoms with E-state index in [0.29, 0.717) is 0 Å². The SMILES string of the molecule is CCCNC(c1nccn1C)c1cc(CC)nn1CC. The van der Waals surface area contributed by atoms with Crippen LogP contribution in [-0.2, 0) is 20.0 Å². The second-order valence-corrected chi connectivity index (χ2v) is 5.01. The zero-order chi connectivity index (χ0) is 14.5. The van der Waals surface area contributed by atoms with Crippen molar-refractivity contribution in [3.8, 4) is 0 Å². The third-order valence-electron chi connectivity index (χ3n) is 3.53. The van der Waals surface area contributed by atoms with Crippen LogP contribution in [0.3, 0.4) is 0 Å². The summed E-state index contributed by atoms with van der Waals surface area (Å²) in [5, 5.41) is 8.25. The fraction of sp³-hybridized carbons (Fsp3) is 0.600. The van der Waals surface area contributed by atoms with Crippen molar-refractivity contribution >= 4 is 0 Å². The molecule has 1 N–H and O–H groups in total. The lowest BCUT2D eigenvalue weighted by atomic mass is 10.1. The Balaban J connectivity index is 2.40. The van der Waals surface area contributed by atoms with Crippen LogP contribution in [0.25, 0.3) is 0 Å². The number of aromatic nitrogens is 4. The highest BCUT2D eigenvalue weighted by Crippen LogP contribution is 2.22. The minimum Gasteiger partial charge on any atom is -0.336 e. The van der Waals surface area contributed by atoms with Gasteiger partial charge < -0.3 is 9.88 Å². The minimum absolute atomic E-state index is 0.0997. The fourth-order valence-corrected chi connectivity index (χ4v) is 2.42. The normalized spacial score (nSPS) is 12.8. The van der Waals surface area contributed by atoms with Crippen molar-refractivity contribution in [1.29, 1.82) is 0 Å². The predicted octanol–water partition coefficient (Wildman–Crippen LogP) is 2.29. The maximum atomic E-state index is 4.66. The molecule has 0 aromatic carbocycles. The second kappa shape index (κ2) is 6.70. The van der Waals surface area contributed by atoms with Crippen molar-refractivity contribution in [2.24, 2.45) is 7.05 Å². The monoisotopic (exact) mass is 275 g/mol. The molecule has 2 aromatic heterocycles. The van der Waals surface area contributed by atoms with Gasteiger partial charge in [-0.05, 0) is 32.4 Å². The van der Waals surface area contributed by atoms with Gasteiger partial charge >= 0.3 is 0 Å². The van der Waals surface area contributed by atoms with Crippen molar-refractivity contribution in [2.45, 2.75) is 46.2 Å². The Hall–Kier alpha value is -1.62. The van der Waals surface area contributed by atoms with Crippen LogP contribution < -0.4 is 5.32 Å². The highest BCUT2D eigenvalue weighted by molar-refractivity contribution is 5.21. The number of nitrogens with one attached hydrogen (secondary N) is 1. The summed E-state index contributed by atoms with van der Waals surface area (Å²) in [5.41, 5.74) is 2.34. The van der Waals surface area contributed by atoms with Gasteiger partial charge in [-0.25, -0.2) is 4.98 Å². The van der Waals surface area contributed by atoms with Gasteiger partial charge in [-0.15, -0.1) is 0 Å². The molecule has 2 heterocycles. The molecule has 0 aliphatic rings. The molecule has 0 saturated heterocycles. The average Bonchev–Trinajstić information content (AvgIpc) is 3.06. The number of hydrogen-bond acceptors (Lipinski definition) is 3. The largest absolute Gasteiger partial charge is 0.336 e. The van der Waals surface area contributed by atoms with Crippen LogP contribution in [0.2, 0.25) is 0 Å². The summed E-state index contributed by atoms with van der Waals surface area (Å²) in [6.07, 6.45) is 5.90. The highest BCUT2D eigenvalue weighted by Gasteiger charge is 2.22. The first-order chi connectivity index (χ1) is 9.71. The molecule has 0 aliphatic heterocycles.